The third-order valence-corrected chi connectivity index (χ3v) is 8.05. The number of pyridine rings is 3. The Morgan fingerprint density at radius 2 is 0.963 bits per heavy atom. The van der Waals surface area contributed by atoms with Crippen LogP contribution in [0.1, 0.15) is 26.3 Å². The standard InChI is InChI=1S/C25H21FN3.2C11H8N.Ir/c1-25(2,3)20-12-9-18(10-13-20)22-15-23(26)29-24(28-22)19-11-14-21(27-16-19)17-7-5-4-6-8-17;2*1-2-6-10(7-3-1)11-8-4-5-9-12-11;/h4-7,9-16H,1-3H3;2*1-6,8-9H;/q3*-1;+3. The molecule has 0 radical (unpaired) electrons. The van der Waals surface area contributed by atoms with Crippen LogP contribution in [-0.2, 0) is 25.5 Å². The maximum Gasteiger partial charge on any atom is 3.00 e. The van der Waals surface area contributed by atoms with E-state index in [-0.39, 0.29) is 25.5 Å². The molecule has 0 bridgehead atoms. The molecule has 8 aromatic rings. The van der Waals surface area contributed by atoms with Crippen LogP contribution >= 0.6 is 0 Å². The van der Waals surface area contributed by atoms with Crippen molar-refractivity contribution in [2.45, 2.75) is 26.2 Å². The van der Waals surface area contributed by atoms with Crippen molar-refractivity contribution < 1.29 is 24.5 Å². The molecule has 0 aliphatic heterocycles. The van der Waals surface area contributed by atoms with Gasteiger partial charge in [0.25, 0.3) is 0 Å². The minimum absolute atomic E-state index is 0. The molecule has 0 unspecified atom stereocenters. The Kier molecular flexibility index (Phi) is 13.9. The molecule has 0 saturated heterocycles. The minimum Gasteiger partial charge on any atom is -0.305 e. The second-order valence-electron chi connectivity index (χ2n) is 12.9. The predicted molar refractivity (Wildman–Crippen MR) is 211 cm³/mol. The zero-order chi connectivity index (χ0) is 36.9. The summed E-state index contributed by atoms with van der Waals surface area (Å²) in [4.78, 5) is 21.4. The number of nitrogens with zero attached hydrogens (tertiary/aromatic N) is 5. The molecule has 0 N–H and O–H groups in total. The van der Waals surface area contributed by atoms with E-state index in [4.69, 9.17) is 0 Å². The van der Waals surface area contributed by atoms with Gasteiger partial charge in [-0.3, -0.25) is 0 Å². The zero-order valence-corrected chi connectivity index (χ0v) is 32.5. The molecule has 0 atom stereocenters. The Morgan fingerprint density at radius 1 is 0.481 bits per heavy atom. The Morgan fingerprint density at radius 3 is 1.37 bits per heavy atom. The smallest absolute Gasteiger partial charge is 0.305 e. The molecule has 4 aromatic heterocycles. The number of benzene rings is 4. The summed E-state index contributed by atoms with van der Waals surface area (Å²) < 4.78 is 14.2. The number of aromatic nitrogens is 5. The van der Waals surface area contributed by atoms with E-state index in [0.717, 1.165) is 39.3 Å². The molecule has 54 heavy (non-hydrogen) atoms. The van der Waals surface area contributed by atoms with Crippen LogP contribution in [0.25, 0.3) is 56.4 Å². The summed E-state index contributed by atoms with van der Waals surface area (Å²) in [7, 11) is 0. The molecule has 8 rings (SSSR count). The van der Waals surface area contributed by atoms with Crippen LogP contribution in [0.2, 0.25) is 0 Å². The molecule has 0 spiro atoms. The fraction of sp³-hybridized carbons (Fsp3) is 0.0851. The maximum absolute atomic E-state index is 14.2. The SMILES string of the molecule is CC(C)(C)c1ccc(-c2cc(F)nc(-c3ccc(-c4[c-]cccc4)nc3)n2)cc1.[Ir+3].[c-]1ccccc1-c1ccccn1.[c-]1ccccc1-c1ccccn1. The van der Waals surface area contributed by atoms with E-state index < -0.39 is 5.95 Å². The quantitative estimate of drug-likeness (QED) is 0.127. The summed E-state index contributed by atoms with van der Waals surface area (Å²) in [5, 5.41) is 0. The van der Waals surface area contributed by atoms with Crippen LogP contribution < -0.4 is 0 Å². The monoisotopic (exact) mass is 883 g/mol. The predicted octanol–water partition coefficient (Wildman–Crippen LogP) is 11.2. The molecule has 0 aliphatic rings. The van der Waals surface area contributed by atoms with E-state index in [1.165, 1.54) is 11.6 Å². The van der Waals surface area contributed by atoms with Crippen molar-refractivity contribution in [3.63, 3.8) is 0 Å². The Bertz CT molecular complexity index is 2130. The van der Waals surface area contributed by atoms with E-state index in [1.807, 2.05) is 133 Å². The van der Waals surface area contributed by atoms with Crippen molar-refractivity contribution in [3.05, 3.63) is 200 Å². The molecule has 0 aliphatic carbocycles. The van der Waals surface area contributed by atoms with E-state index in [1.54, 1.807) is 18.6 Å². The summed E-state index contributed by atoms with van der Waals surface area (Å²) >= 11 is 0. The molecule has 0 saturated carbocycles. The van der Waals surface area contributed by atoms with Gasteiger partial charge in [-0.05, 0) is 40.2 Å². The van der Waals surface area contributed by atoms with E-state index >= 15 is 0 Å². The van der Waals surface area contributed by atoms with Gasteiger partial charge in [0.2, 0.25) is 5.95 Å². The summed E-state index contributed by atoms with van der Waals surface area (Å²) in [6.45, 7) is 6.48. The van der Waals surface area contributed by atoms with Gasteiger partial charge in [0, 0.05) is 35.8 Å². The average Bonchev–Trinajstić information content (AvgIpc) is 3.22. The van der Waals surface area contributed by atoms with Crippen LogP contribution in [-0.4, -0.2) is 24.9 Å². The van der Waals surface area contributed by atoms with Crippen molar-refractivity contribution in [2.75, 3.05) is 0 Å². The van der Waals surface area contributed by atoms with Gasteiger partial charge in [-0.2, -0.15) is 9.37 Å². The Balaban J connectivity index is 0.000000184. The van der Waals surface area contributed by atoms with Gasteiger partial charge in [-0.15, -0.1) is 108 Å². The minimum atomic E-state index is -0.564. The fourth-order valence-electron chi connectivity index (χ4n) is 5.22. The van der Waals surface area contributed by atoms with Crippen molar-refractivity contribution in [1.29, 1.82) is 0 Å². The van der Waals surface area contributed by atoms with Crippen LogP contribution in [0.5, 0.6) is 0 Å². The first-order chi connectivity index (χ1) is 25.8. The third-order valence-electron chi connectivity index (χ3n) is 8.05. The summed E-state index contributed by atoms with van der Waals surface area (Å²) in [5.41, 5.74) is 9.06. The number of rotatable bonds is 5. The molecular formula is C47H37FIrN5. The Labute approximate surface area is 330 Å². The molecular weight excluding hydrogens is 846 g/mol. The number of hydrogen-bond acceptors (Lipinski definition) is 5. The second kappa shape index (κ2) is 19.2. The number of hydrogen-bond donors (Lipinski definition) is 0. The van der Waals surface area contributed by atoms with E-state index in [9.17, 15) is 4.39 Å². The molecule has 4 heterocycles. The van der Waals surface area contributed by atoms with Crippen LogP contribution in [0.3, 0.4) is 0 Å². The van der Waals surface area contributed by atoms with Crippen LogP contribution in [0, 0.1) is 24.1 Å². The summed E-state index contributed by atoms with van der Waals surface area (Å²) in [6, 6.07) is 57.6. The first-order valence-corrected chi connectivity index (χ1v) is 17.2. The molecule has 0 fully saturated rings. The van der Waals surface area contributed by atoms with Gasteiger partial charge in [0.1, 0.15) is 0 Å². The average molecular weight is 883 g/mol. The second-order valence-corrected chi connectivity index (χ2v) is 12.9. The molecule has 7 heteroatoms. The van der Waals surface area contributed by atoms with Gasteiger partial charge in [-0.25, -0.2) is 4.98 Å². The summed E-state index contributed by atoms with van der Waals surface area (Å²) in [5.74, 6) is -0.249. The molecule has 5 nitrogen and oxygen atoms in total. The first-order valence-electron chi connectivity index (χ1n) is 17.2. The van der Waals surface area contributed by atoms with Gasteiger partial charge < -0.3 is 15.0 Å². The van der Waals surface area contributed by atoms with E-state index in [0.29, 0.717) is 17.1 Å². The third kappa shape index (κ3) is 11.0. The van der Waals surface area contributed by atoms with Gasteiger partial charge >= 0.3 is 20.1 Å². The van der Waals surface area contributed by atoms with Gasteiger partial charge in [-0.1, -0.05) is 81.4 Å². The summed E-state index contributed by atoms with van der Waals surface area (Å²) in [6.07, 6.45) is 5.24. The Hall–Kier alpha value is -6.01. The largest absolute Gasteiger partial charge is 3.00 e. The fourth-order valence-corrected chi connectivity index (χ4v) is 5.22. The van der Waals surface area contributed by atoms with Crippen molar-refractivity contribution in [2.24, 2.45) is 0 Å². The van der Waals surface area contributed by atoms with Crippen LogP contribution in [0.15, 0.2) is 170 Å². The zero-order valence-electron chi connectivity index (χ0n) is 30.1. The van der Waals surface area contributed by atoms with Crippen molar-refractivity contribution in [1.82, 2.24) is 24.9 Å². The maximum atomic E-state index is 14.2. The molecule has 266 valence electrons. The topological polar surface area (TPSA) is 64.5 Å². The van der Waals surface area contributed by atoms with Crippen molar-refractivity contribution in [3.8, 4) is 56.4 Å². The van der Waals surface area contributed by atoms with Crippen LogP contribution in [0.4, 0.5) is 4.39 Å². The molecule has 4 aromatic carbocycles. The first kappa shape index (κ1) is 39.2. The number of halogens is 1. The van der Waals surface area contributed by atoms with Crippen molar-refractivity contribution >= 4 is 0 Å². The van der Waals surface area contributed by atoms with Gasteiger partial charge in [0.15, 0.2) is 5.82 Å². The molecule has 0 amide bonds. The van der Waals surface area contributed by atoms with Gasteiger partial charge in [0.05, 0.1) is 5.69 Å². The van der Waals surface area contributed by atoms with E-state index in [2.05, 4.69) is 76.0 Å². The normalized spacial score (nSPS) is 10.4.